The molecule has 1 spiro atoms. The lowest BCUT2D eigenvalue weighted by Gasteiger charge is -2.45. The number of fused-ring (bicyclic) bond motifs is 3. The van der Waals surface area contributed by atoms with Crippen molar-refractivity contribution in [3.8, 4) is 11.8 Å². The summed E-state index contributed by atoms with van der Waals surface area (Å²) in [6.07, 6.45) is 12.2. The zero-order valence-corrected chi connectivity index (χ0v) is 28.7. The third kappa shape index (κ3) is 7.88. The number of carbonyl (C=O) groups is 1. The number of hydrogen-bond acceptors (Lipinski definition) is 7. The maximum Gasteiger partial charge on any atom is 0.264 e. The largest absolute Gasteiger partial charge is 0.490 e. The molecule has 5 atom stereocenters. The van der Waals surface area contributed by atoms with E-state index in [4.69, 9.17) is 16.3 Å². The van der Waals surface area contributed by atoms with Crippen molar-refractivity contribution in [3.63, 3.8) is 0 Å². The summed E-state index contributed by atoms with van der Waals surface area (Å²) in [5.74, 6) is 0.259. The SMILES string of the molecule is C=CCC[C@@H](CC#N)S(=O)(=O)NC(=O)c1ccc2c(c1)N(C[C@@H]1CC[C@H]1[C@@H](O)/C=C/CCC)C[C@@]1(CCCc3cc(Cl)ccc31)CO2. The number of rotatable bonds is 13. The molecule has 2 aromatic rings. The summed E-state index contributed by atoms with van der Waals surface area (Å²) in [5.41, 5.74) is 3.07. The highest BCUT2D eigenvalue weighted by Gasteiger charge is 2.44. The van der Waals surface area contributed by atoms with Gasteiger partial charge in [-0.05, 0) is 105 Å². The standard InChI is InChI=1S/C37H46ClN3O5S/c1-3-5-7-11-34(42)31-15-12-28(31)23-41-24-37(19-8-9-26-21-29(38)14-16-32(26)37)25-46-35-17-13-27(22-33(35)41)36(43)40-47(44,45)30(18-20-39)10-6-4-2/h4,7,11,13-14,16-17,21-22,28,30-31,34,42H,2-3,5-6,8-10,12,15,18-19,23-25H2,1H3,(H,40,43)/b11-7+/t28-,30-,31+,34-,37-/m0/s1. The highest BCUT2D eigenvalue weighted by Crippen LogP contribution is 2.46. The number of nitrogens with one attached hydrogen (secondary N) is 1. The van der Waals surface area contributed by atoms with Gasteiger partial charge in [-0.3, -0.25) is 4.79 Å². The number of nitriles is 1. The number of nitrogens with zero attached hydrogens (tertiary/aromatic N) is 2. The van der Waals surface area contributed by atoms with Crippen molar-refractivity contribution >= 4 is 33.2 Å². The number of ether oxygens (including phenoxy) is 1. The normalized spacial score (nSPS) is 23.4. The number of sulfonamides is 1. The van der Waals surface area contributed by atoms with Crippen LogP contribution in [0.2, 0.25) is 5.02 Å². The van der Waals surface area contributed by atoms with Crippen molar-refractivity contribution in [3.05, 3.63) is 82.9 Å². The van der Waals surface area contributed by atoms with Crippen LogP contribution in [0.3, 0.4) is 0 Å². The second kappa shape index (κ2) is 15.3. The van der Waals surface area contributed by atoms with E-state index in [2.05, 4.69) is 41.3 Å². The minimum Gasteiger partial charge on any atom is -0.490 e. The van der Waals surface area contributed by atoms with Crippen LogP contribution in [0, 0.1) is 23.2 Å². The molecule has 0 unspecified atom stereocenters. The number of aliphatic hydroxyl groups is 1. The fourth-order valence-electron chi connectivity index (χ4n) is 7.40. The Balaban J connectivity index is 1.47. The number of unbranched alkanes of at least 4 members (excludes halogenated alkanes) is 1. The number of halogens is 1. The number of hydrogen-bond donors (Lipinski definition) is 2. The first kappa shape index (κ1) is 35.0. The van der Waals surface area contributed by atoms with Gasteiger partial charge in [0.2, 0.25) is 10.0 Å². The van der Waals surface area contributed by atoms with Crippen LogP contribution in [0.4, 0.5) is 5.69 Å². The zero-order chi connectivity index (χ0) is 33.6. The van der Waals surface area contributed by atoms with Crippen molar-refractivity contribution in [1.82, 2.24) is 4.72 Å². The molecule has 252 valence electrons. The summed E-state index contributed by atoms with van der Waals surface area (Å²) in [5, 5.41) is 19.9. The average molecular weight is 680 g/mol. The van der Waals surface area contributed by atoms with E-state index in [-0.39, 0.29) is 35.7 Å². The highest BCUT2D eigenvalue weighted by molar-refractivity contribution is 7.90. The molecule has 1 aliphatic heterocycles. The maximum atomic E-state index is 13.5. The molecule has 47 heavy (non-hydrogen) atoms. The van der Waals surface area contributed by atoms with Gasteiger partial charge in [0.05, 0.1) is 36.1 Å². The van der Waals surface area contributed by atoms with Crippen LogP contribution in [0.15, 0.2) is 61.2 Å². The predicted molar refractivity (Wildman–Crippen MR) is 186 cm³/mol. The number of carbonyl (C=O) groups excluding carboxylic acids is 1. The Kier molecular flexibility index (Phi) is 11.4. The molecule has 1 fully saturated rings. The van der Waals surface area contributed by atoms with Crippen molar-refractivity contribution in [1.29, 1.82) is 5.26 Å². The summed E-state index contributed by atoms with van der Waals surface area (Å²) in [6.45, 7) is 7.53. The minimum atomic E-state index is -4.11. The lowest BCUT2D eigenvalue weighted by molar-refractivity contribution is 0.0456. The van der Waals surface area contributed by atoms with E-state index >= 15 is 0 Å². The molecule has 2 aliphatic carbocycles. The number of allylic oxidation sites excluding steroid dienone is 2. The Morgan fingerprint density at radius 3 is 2.83 bits per heavy atom. The van der Waals surface area contributed by atoms with Crippen LogP contribution in [0.1, 0.15) is 86.2 Å². The Morgan fingerprint density at radius 1 is 1.28 bits per heavy atom. The van der Waals surface area contributed by atoms with Gasteiger partial charge in [-0.2, -0.15) is 5.26 Å². The first-order valence-electron chi connectivity index (χ1n) is 16.8. The molecule has 0 bridgehead atoms. The van der Waals surface area contributed by atoms with Crippen LogP contribution in [0.5, 0.6) is 5.75 Å². The van der Waals surface area contributed by atoms with E-state index in [0.29, 0.717) is 36.9 Å². The zero-order valence-electron chi connectivity index (χ0n) is 27.2. The first-order chi connectivity index (χ1) is 22.6. The van der Waals surface area contributed by atoms with Gasteiger partial charge >= 0.3 is 0 Å². The van der Waals surface area contributed by atoms with E-state index < -0.39 is 27.3 Å². The van der Waals surface area contributed by atoms with Crippen LogP contribution in [-0.2, 0) is 21.9 Å². The predicted octanol–water partition coefficient (Wildman–Crippen LogP) is 6.86. The Bertz CT molecular complexity index is 1640. The third-order valence-corrected chi connectivity index (χ3v) is 12.1. The molecule has 3 aliphatic rings. The van der Waals surface area contributed by atoms with Gasteiger partial charge in [0.1, 0.15) is 5.75 Å². The summed E-state index contributed by atoms with van der Waals surface area (Å²) >= 11 is 6.41. The van der Waals surface area contributed by atoms with Crippen molar-refractivity contribution in [2.45, 2.75) is 87.9 Å². The lowest BCUT2D eigenvalue weighted by Crippen LogP contribution is -2.49. The maximum absolute atomic E-state index is 13.5. The number of aryl methyl sites for hydroxylation is 1. The van der Waals surface area contributed by atoms with Gasteiger partial charge in [0.15, 0.2) is 0 Å². The van der Waals surface area contributed by atoms with Crippen LogP contribution in [-0.4, -0.2) is 50.5 Å². The summed E-state index contributed by atoms with van der Waals surface area (Å²) in [7, 11) is -4.11. The molecule has 1 amide bonds. The van der Waals surface area contributed by atoms with E-state index in [1.54, 1.807) is 24.3 Å². The fraction of sp³-hybridized carbons (Fsp3) is 0.514. The second-order valence-electron chi connectivity index (χ2n) is 13.3. The minimum absolute atomic E-state index is 0.133. The smallest absolute Gasteiger partial charge is 0.264 e. The quantitative estimate of drug-likeness (QED) is 0.222. The topological polar surface area (TPSA) is 120 Å². The average Bonchev–Trinajstić information content (AvgIpc) is 3.18. The molecular weight excluding hydrogens is 634 g/mol. The van der Waals surface area contributed by atoms with Crippen LogP contribution >= 0.6 is 11.6 Å². The number of benzene rings is 2. The number of anilines is 1. The molecule has 1 saturated carbocycles. The van der Waals surface area contributed by atoms with E-state index in [1.165, 1.54) is 11.1 Å². The highest BCUT2D eigenvalue weighted by atomic mass is 35.5. The Labute approximate surface area is 284 Å². The molecule has 8 nitrogen and oxygen atoms in total. The van der Waals surface area contributed by atoms with Gasteiger partial charge in [-0.1, -0.05) is 49.2 Å². The summed E-state index contributed by atoms with van der Waals surface area (Å²) in [4.78, 5) is 15.8. The molecule has 2 aromatic carbocycles. The van der Waals surface area contributed by atoms with Gasteiger partial charge in [-0.15, -0.1) is 6.58 Å². The van der Waals surface area contributed by atoms with Crippen molar-refractivity contribution < 1.29 is 23.1 Å². The number of amides is 1. The van der Waals surface area contributed by atoms with Crippen LogP contribution in [0.25, 0.3) is 0 Å². The monoisotopic (exact) mass is 679 g/mol. The molecular formula is C37H46ClN3O5S. The van der Waals surface area contributed by atoms with E-state index in [1.807, 2.05) is 18.2 Å². The van der Waals surface area contributed by atoms with Gasteiger partial charge < -0.3 is 14.7 Å². The van der Waals surface area contributed by atoms with Crippen LogP contribution < -0.4 is 14.4 Å². The molecule has 0 aromatic heterocycles. The number of aliphatic hydroxyl groups excluding tert-OH is 1. The molecule has 2 N–H and O–H groups in total. The summed E-state index contributed by atoms with van der Waals surface area (Å²) < 4.78 is 35.1. The van der Waals surface area contributed by atoms with E-state index in [0.717, 1.165) is 50.6 Å². The van der Waals surface area contributed by atoms with Crippen molar-refractivity contribution in [2.24, 2.45) is 11.8 Å². The Morgan fingerprint density at radius 2 is 2.11 bits per heavy atom. The molecule has 0 saturated heterocycles. The second-order valence-corrected chi connectivity index (χ2v) is 15.7. The fourth-order valence-corrected chi connectivity index (χ4v) is 8.88. The summed E-state index contributed by atoms with van der Waals surface area (Å²) in [6, 6.07) is 13.1. The molecule has 10 heteroatoms. The first-order valence-corrected chi connectivity index (χ1v) is 18.7. The Hall–Kier alpha value is -3.32. The van der Waals surface area contributed by atoms with E-state index in [9.17, 15) is 23.6 Å². The third-order valence-electron chi connectivity index (χ3n) is 10.1. The lowest BCUT2D eigenvalue weighted by atomic mass is 9.68. The van der Waals surface area contributed by atoms with Gasteiger partial charge in [0.25, 0.3) is 5.91 Å². The van der Waals surface area contributed by atoms with Gasteiger partial charge in [-0.25, -0.2) is 13.1 Å². The molecule has 5 rings (SSSR count). The van der Waals surface area contributed by atoms with Gasteiger partial charge in [0, 0.05) is 29.1 Å². The molecule has 0 radical (unpaired) electrons. The van der Waals surface area contributed by atoms with Crippen molar-refractivity contribution in [2.75, 3.05) is 24.6 Å². The molecule has 1 heterocycles.